The standard InChI is InChI=1S/C20H13Br2N3O3/c21-16-5-2-4-14(8-16)20(27)28-18-6-1-3-13(7-18)10-24-25-19(26)15-9-17(22)12-23-11-15/h1-12H,(H,25,26). The Morgan fingerprint density at radius 2 is 1.75 bits per heavy atom. The maximum atomic E-state index is 12.2. The number of rotatable bonds is 5. The number of halogens is 2. The second kappa shape index (κ2) is 9.38. The Hall–Kier alpha value is -2.84. The number of hydrazone groups is 1. The second-order valence-corrected chi connectivity index (χ2v) is 7.39. The van der Waals surface area contributed by atoms with Crippen molar-refractivity contribution in [1.29, 1.82) is 0 Å². The Morgan fingerprint density at radius 1 is 0.964 bits per heavy atom. The summed E-state index contributed by atoms with van der Waals surface area (Å²) in [5.41, 5.74) is 3.89. The number of nitrogens with zero attached hydrogens (tertiary/aromatic N) is 2. The fourth-order valence-electron chi connectivity index (χ4n) is 2.21. The Morgan fingerprint density at radius 3 is 2.54 bits per heavy atom. The van der Waals surface area contributed by atoms with Crippen molar-refractivity contribution in [2.75, 3.05) is 0 Å². The summed E-state index contributed by atoms with van der Waals surface area (Å²) in [6, 6.07) is 15.4. The summed E-state index contributed by atoms with van der Waals surface area (Å²) >= 11 is 6.58. The fraction of sp³-hybridized carbons (Fsp3) is 0. The predicted octanol–water partition coefficient (Wildman–Crippen LogP) is 4.59. The molecule has 8 heteroatoms. The van der Waals surface area contributed by atoms with Crippen molar-refractivity contribution in [1.82, 2.24) is 10.4 Å². The highest BCUT2D eigenvalue weighted by molar-refractivity contribution is 9.10. The van der Waals surface area contributed by atoms with Gasteiger partial charge < -0.3 is 4.74 Å². The number of hydrogen-bond acceptors (Lipinski definition) is 5. The zero-order valence-electron chi connectivity index (χ0n) is 14.3. The smallest absolute Gasteiger partial charge is 0.343 e. The SMILES string of the molecule is O=C(NN=Cc1cccc(OC(=O)c2cccc(Br)c2)c1)c1cncc(Br)c1. The van der Waals surface area contributed by atoms with Gasteiger partial charge in [-0.15, -0.1) is 0 Å². The average Bonchev–Trinajstić information content (AvgIpc) is 2.68. The third-order valence-electron chi connectivity index (χ3n) is 3.48. The molecule has 0 spiro atoms. The lowest BCUT2D eigenvalue weighted by Gasteiger charge is -2.05. The monoisotopic (exact) mass is 501 g/mol. The van der Waals surface area contributed by atoms with Crippen molar-refractivity contribution >= 4 is 50.0 Å². The van der Waals surface area contributed by atoms with E-state index in [-0.39, 0.29) is 5.91 Å². The van der Waals surface area contributed by atoms with Crippen molar-refractivity contribution in [3.8, 4) is 5.75 Å². The molecule has 3 rings (SSSR count). The van der Waals surface area contributed by atoms with Gasteiger partial charge in [-0.2, -0.15) is 5.10 Å². The molecule has 0 atom stereocenters. The molecule has 0 aliphatic heterocycles. The number of aromatic nitrogens is 1. The summed E-state index contributed by atoms with van der Waals surface area (Å²) in [7, 11) is 0. The van der Waals surface area contributed by atoms with E-state index in [0.717, 1.165) is 4.47 Å². The maximum absolute atomic E-state index is 12.2. The van der Waals surface area contributed by atoms with Gasteiger partial charge in [-0.25, -0.2) is 10.2 Å². The van der Waals surface area contributed by atoms with Crippen LogP contribution in [0.4, 0.5) is 0 Å². The van der Waals surface area contributed by atoms with Crippen LogP contribution in [0.15, 0.2) is 81.0 Å². The molecular weight excluding hydrogens is 490 g/mol. The molecule has 0 saturated carbocycles. The average molecular weight is 503 g/mol. The van der Waals surface area contributed by atoms with Crippen LogP contribution in [0.1, 0.15) is 26.3 Å². The van der Waals surface area contributed by atoms with Crippen molar-refractivity contribution in [2.24, 2.45) is 5.10 Å². The van der Waals surface area contributed by atoms with Gasteiger partial charge in [-0.3, -0.25) is 9.78 Å². The van der Waals surface area contributed by atoms with Crippen LogP contribution >= 0.6 is 31.9 Å². The van der Waals surface area contributed by atoms with Crippen LogP contribution in [0.25, 0.3) is 0 Å². The van der Waals surface area contributed by atoms with E-state index in [0.29, 0.717) is 26.9 Å². The number of hydrogen-bond donors (Lipinski definition) is 1. The molecule has 1 aromatic heterocycles. The molecule has 2 aromatic carbocycles. The van der Waals surface area contributed by atoms with Crippen LogP contribution in [0.2, 0.25) is 0 Å². The molecule has 0 fully saturated rings. The number of benzene rings is 2. The highest BCUT2D eigenvalue weighted by Gasteiger charge is 2.09. The van der Waals surface area contributed by atoms with Gasteiger partial charge >= 0.3 is 5.97 Å². The summed E-state index contributed by atoms with van der Waals surface area (Å²) in [5.74, 6) is -0.482. The van der Waals surface area contributed by atoms with Gasteiger partial charge in [0.05, 0.1) is 17.3 Å². The Kier molecular flexibility index (Phi) is 6.67. The van der Waals surface area contributed by atoms with Gasteiger partial charge in [0.2, 0.25) is 0 Å². The van der Waals surface area contributed by atoms with Crippen LogP contribution < -0.4 is 10.2 Å². The molecule has 0 aliphatic carbocycles. The van der Waals surface area contributed by atoms with Crippen LogP contribution in [0.3, 0.4) is 0 Å². The molecule has 1 heterocycles. The molecule has 0 bridgehead atoms. The largest absolute Gasteiger partial charge is 0.423 e. The minimum absolute atomic E-state index is 0.372. The Balaban J connectivity index is 1.63. The molecule has 0 saturated heterocycles. The van der Waals surface area contributed by atoms with E-state index in [2.05, 4.69) is 47.4 Å². The third kappa shape index (κ3) is 5.58. The zero-order valence-corrected chi connectivity index (χ0v) is 17.5. The molecule has 6 nitrogen and oxygen atoms in total. The van der Waals surface area contributed by atoms with Crippen molar-refractivity contribution < 1.29 is 14.3 Å². The summed E-state index contributed by atoms with van der Waals surface area (Å²) in [4.78, 5) is 28.2. The van der Waals surface area contributed by atoms with E-state index >= 15 is 0 Å². The summed E-state index contributed by atoms with van der Waals surface area (Å²) in [5, 5.41) is 3.92. The first-order valence-electron chi connectivity index (χ1n) is 8.03. The van der Waals surface area contributed by atoms with Gasteiger partial charge in [-0.1, -0.05) is 34.1 Å². The minimum Gasteiger partial charge on any atom is -0.423 e. The molecule has 3 aromatic rings. The quantitative estimate of drug-likeness (QED) is 0.239. The van der Waals surface area contributed by atoms with Crippen molar-refractivity contribution in [2.45, 2.75) is 0 Å². The maximum Gasteiger partial charge on any atom is 0.343 e. The summed E-state index contributed by atoms with van der Waals surface area (Å²) in [6.45, 7) is 0. The topological polar surface area (TPSA) is 80.6 Å². The van der Waals surface area contributed by atoms with Crippen LogP contribution in [-0.2, 0) is 0 Å². The number of nitrogens with one attached hydrogen (secondary N) is 1. The van der Waals surface area contributed by atoms with E-state index in [4.69, 9.17) is 4.74 Å². The predicted molar refractivity (Wildman–Crippen MR) is 113 cm³/mol. The molecule has 1 amide bonds. The lowest BCUT2D eigenvalue weighted by molar-refractivity contribution is 0.0734. The zero-order chi connectivity index (χ0) is 19.9. The second-order valence-electron chi connectivity index (χ2n) is 5.56. The van der Waals surface area contributed by atoms with Gasteiger partial charge in [0.15, 0.2) is 0 Å². The lowest BCUT2D eigenvalue weighted by Crippen LogP contribution is -2.17. The normalized spacial score (nSPS) is 10.6. The number of carbonyl (C=O) groups is 2. The number of amides is 1. The number of ether oxygens (including phenoxy) is 1. The van der Waals surface area contributed by atoms with Gasteiger partial charge in [-0.05, 0) is 57.9 Å². The molecule has 28 heavy (non-hydrogen) atoms. The van der Waals surface area contributed by atoms with Gasteiger partial charge in [0.25, 0.3) is 5.91 Å². The van der Waals surface area contributed by atoms with Gasteiger partial charge in [0.1, 0.15) is 5.75 Å². The van der Waals surface area contributed by atoms with Crippen LogP contribution in [-0.4, -0.2) is 23.1 Å². The third-order valence-corrected chi connectivity index (χ3v) is 4.40. The van der Waals surface area contributed by atoms with E-state index in [1.165, 1.54) is 12.4 Å². The van der Waals surface area contributed by atoms with Crippen molar-refractivity contribution in [3.05, 3.63) is 92.6 Å². The minimum atomic E-state index is -0.467. The molecular formula is C20H13Br2N3O3. The first-order valence-corrected chi connectivity index (χ1v) is 9.61. The van der Waals surface area contributed by atoms with Crippen LogP contribution in [0, 0.1) is 0 Å². The molecule has 0 aliphatic rings. The Labute approximate surface area is 177 Å². The van der Waals surface area contributed by atoms with Crippen molar-refractivity contribution in [3.63, 3.8) is 0 Å². The molecule has 140 valence electrons. The first-order chi connectivity index (χ1) is 13.5. The summed E-state index contributed by atoms with van der Waals surface area (Å²) < 4.78 is 6.87. The van der Waals surface area contributed by atoms with Gasteiger partial charge in [0, 0.05) is 21.3 Å². The van der Waals surface area contributed by atoms with E-state index in [1.54, 1.807) is 54.7 Å². The van der Waals surface area contributed by atoms with E-state index in [1.807, 2.05) is 6.07 Å². The van der Waals surface area contributed by atoms with E-state index in [9.17, 15) is 9.59 Å². The first kappa shape index (κ1) is 19.9. The number of pyridine rings is 1. The fourth-order valence-corrected chi connectivity index (χ4v) is 2.97. The Bertz CT molecular complexity index is 1050. The number of esters is 1. The van der Waals surface area contributed by atoms with Crippen LogP contribution in [0.5, 0.6) is 5.75 Å². The van der Waals surface area contributed by atoms with E-state index < -0.39 is 5.97 Å². The molecule has 0 radical (unpaired) electrons. The summed E-state index contributed by atoms with van der Waals surface area (Å²) in [6.07, 6.45) is 4.48. The molecule has 0 unspecified atom stereocenters. The molecule has 1 N–H and O–H groups in total. The highest BCUT2D eigenvalue weighted by Crippen LogP contribution is 2.17. The lowest BCUT2D eigenvalue weighted by atomic mass is 10.2. The highest BCUT2D eigenvalue weighted by atomic mass is 79.9. The number of carbonyl (C=O) groups excluding carboxylic acids is 2.